The van der Waals surface area contributed by atoms with E-state index < -0.39 is 18.2 Å². The Bertz CT molecular complexity index is 458. The predicted molar refractivity (Wildman–Crippen MR) is 76.4 cm³/mol. The maximum atomic E-state index is 12.5. The third kappa shape index (κ3) is 4.59. The lowest BCUT2D eigenvalue weighted by Gasteiger charge is -2.34. The summed E-state index contributed by atoms with van der Waals surface area (Å²) in [6.45, 7) is 1.95. The Labute approximate surface area is 127 Å². The van der Waals surface area contributed by atoms with Gasteiger partial charge in [-0.05, 0) is 49.9 Å². The van der Waals surface area contributed by atoms with E-state index >= 15 is 0 Å². The molecule has 118 valence electrons. The van der Waals surface area contributed by atoms with Crippen molar-refractivity contribution in [1.29, 1.82) is 0 Å². The van der Waals surface area contributed by atoms with Crippen molar-refractivity contribution in [2.24, 2.45) is 5.92 Å². The highest BCUT2D eigenvalue weighted by atomic mass is 35.5. The molecule has 1 fully saturated rings. The second-order valence-corrected chi connectivity index (χ2v) is 5.91. The average Bonchev–Trinajstić information content (AvgIpc) is 2.45. The number of halogens is 4. The minimum absolute atomic E-state index is 0.378. The monoisotopic (exact) mass is 321 g/mol. The van der Waals surface area contributed by atoms with E-state index in [0.29, 0.717) is 25.9 Å². The van der Waals surface area contributed by atoms with Crippen LogP contribution in [0.1, 0.15) is 18.4 Å². The second-order valence-electron chi connectivity index (χ2n) is 5.51. The lowest BCUT2D eigenvalue weighted by atomic mass is 9.90. The Hall–Kier alpha value is -0.780. The summed E-state index contributed by atoms with van der Waals surface area (Å²) in [5.74, 6) is -0.679. The van der Waals surface area contributed by atoms with Crippen molar-refractivity contribution in [2.75, 3.05) is 19.6 Å². The van der Waals surface area contributed by atoms with Gasteiger partial charge in [-0.1, -0.05) is 29.8 Å². The van der Waals surface area contributed by atoms with Crippen molar-refractivity contribution in [3.05, 3.63) is 34.9 Å². The number of aliphatic hydroxyl groups is 1. The fourth-order valence-corrected chi connectivity index (χ4v) is 2.97. The molecule has 0 aromatic heterocycles. The first-order valence-corrected chi connectivity index (χ1v) is 7.46. The summed E-state index contributed by atoms with van der Waals surface area (Å²) in [6, 6.07) is 7.59. The van der Waals surface area contributed by atoms with Gasteiger partial charge in [0.1, 0.15) is 0 Å². The molecule has 1 N–H and O–H groups in total. The second kappa shape index (κ2) is 6.99. The van der Waals surface area contributed by atoms with E-state index in [0.717, 1.165) is 23.6 Å². The van der Waals surface area contributed by atoms with Gasteiger partial charge in [0.15, 0.2) is 6.10 Å². The highest BCUT2D eigenvalue weighted by molar-refractivity contribution is 6.31. The van der Waals surface area contributed by atoms with Crippen molar-refractivity contribution in [3.63, 3.8) is 0 Å². The summed E-state index contributed by atoms with van der Waals surface area (Å²) in [5, 5.41) is 10.0. The first-order valence-electron chi connectivity index (χ1n) is 7.08. The van der Waals surface area contributed by atoms with E-state index in [1.54, 1.807) is 0 Å². The normalized spacial score (nSPS) is 19.7. The van der Waals surface area contributed by atoms with Crippen LogP contribution in [0.2, 0.25) is 5.02 Å². The van der Waals surface area contributed by atoms with Gasteiger partial charge in [-0.25, -0.2) is 0 Å². The summed E-state index contributed by atoms with van der Waals surface area (Å²) in [7, 11) is 0. The van der Waals surface area contributed by atoms with Crippen LogP contribution in [-0.2, 0) is 6.42 Å². The number of piperidine rings is 1. The van der Waals surface area contributed by atoms with Crippen molar-refractivity contribution in [3.8, 4) is 0 Å². The topological polar surface area (TPSA) is 23.5 Å². The third-order valence-corrected chi connectivity index (χ3v) is 4.44. The largest absolute Gasteiger partial charge is 0.414 e. The average molecular weight is 322 g/mol. The summed E-state index contributed by atoms with van der Waals surface area (Å²) in [5.41, 5.74) is 1.05. The third-order valence-electron chi connectivity index (χ3n) is 4.07. The standard InChI is InChI=1S/C15H19ClF3NO/c16-13-4-2-1-3-11(13)5-8-20-9-6-12(7-10-20)14(21)15(17,18)19/h1-4,12,14,21H,5-10H2. The van der Waals surface area contributed by atoms with E-state index in [1.165, 1.54) is 0 Å². The molecule has 1 aromatic carbocycles. The Morgan fingerprint density at radius 3 is 2.43 bits per heavy atom. The van der Waals surface area contributed by atoms with Crippen LogP contribution in [0.5, 0.6) is 0 Å². The summed E-state index contributed by atoms with van der Waals surface area (Å²) in [6.07, 6.45) is -5.16. The number of hydrogen-bond donors (Lipinski definition) is 1. The number of alkyl halides is 3. The Morgan fingerprint density at radius 1 is 1.24 bits per heavy atom. The zero-order chi connectivity index (χ0) is 15.5. The molecule has 6 heteroatoms. The molecular weight excluding hydrogens is 303 g/mol. The fourth-order valence-electron chi connectivity index (χ4n) is 2.74. The first kappa shape index (κ1) is 16.6. The minimum Gasteiger partial charge on any atom is -0.383 e. The first-order chi connectivity index (χ1) is 9.88. The van der Waals surface area contributed by atoms with Crippen LogP contribution in [0.3, 0.4) is 0 Å². The van der Waals surface area contributed by atoms with Crippen molar-refractivity contribution in [1.82, 2.24) is 4.90 Å². The molecule has 2 nitrogen and oxygen atoms in total. The molecule has 0 aliphatic carbocycles. The van der Waals surface area contributed by atoms with Gasteiger partial charge in [-0.2, -0.15) is 13.2 Å². The lowest BCUT2D eigenvalue weighted by Crippen LogP contribution is -2.43. The molecule has 1 unspecified atom stereocenters. The number of nitrogens with zero attached hydrogens (tertiary/aromatic N) is 1. The van der Waals surface area contributed by atoms with Gasteiger partial charge in [0.25, 0.3) is 0 Å². The summed E-state index contributed by atoms with van der Waals surface area (Å²) in [4.78, 5) is 2.13. The molecule has 0 amide bonds. The molecule has 1 atom stereocenters. The molecular formula is C15H19ClF3NO. The van der Waals surface area contributed by atoms with E-state index in [1.807, 2.05) is 24.3 Å². The highest BCUT2D eigenvalue weighted by Gasteiger charge is 2.44. The molecule has 0 saturated carbocycles. The van der Waals surface area contributed by atoms with Crippen LogP contribution in [-0.4, -0.2) is 41.9 Å². The quantitative estimate of drug-likeness (QED) is 0.917. The minimum atomic E-state index is -4.51. The van der Waals surface area contributed by atoms with Gasteiger partial charge in [-0.15, -0.1) is 0 Å². The molecule has 1 aliphatic heterocycles. The highest BCUT2D eigenvalue weighted by Crippen LogP contribution is 2.31. The molecule has 21 heavy (non-hydrogen) atoms. The van der Waals surface area contributed by atoms with Gasteiger partial charge in [0.05, 0.1) is 0 Å². The van der Waals surface area contributed by atoms with Gasteiger partial charge < -0.3 is 10.0 Å². The van der Waals surface area contributed by atoms with Gasteiger partial charge in [0.2, 0.25) is 0 Å². The molecule has 0 bridgehead atoms. The number of benzene rings is 1. The summed E-state index contributed by atoms with van der Waals surface area (Å²) < 4.78 is 37.4. The van der Waals surface area contributed by atoms with Gasteiger partial charge >= 0.3 is 6.18 Å². The fraction of sp³-hybridized carbons (Fsp3) is 0.600. The molecule has 1 saturated heterocycles. The Kier molecular flexibility index (Phi) is 5.52. The van der Waals surface area contributed by atoms with E-state index in [4.69, 9.17) is 11.6 Å². The van der Waals surface area contributed by atoms with E-state index in [9.17, 15) is 18.3 Å². The van der Waals surface area contributed by atoms with E-state index in [-0.39, 0.29) is 0 Å². The van der Waals surface area contributed by atoms with E-state index in [2.05, 4.69) is 4.90 Å². The SMILES string of the molecule is OC(C1CCN(CCc2ccccc2Cl)CC1)C(F)(F)F. The molecule has 1 aromatic rings. The molecule has 2 rings (SSSR count). The smallest absolute Gasteiger partial charge is 0.383 e. The zero-order valence-electron chi connectivity index (χ0n) is 11.6. The van der Waals surface area contributed by atoms with Crippen LogP contribution in [0.15, 0.2) is 24.3 Å². The Morgan fingerprint density at radius 2 is 1.86 bits per heavy atom. The maximum absolute atomic E-state index is 12.5. The maximum Gasteiger partial charge on any atom is 0.414 e. The van der Waals surface area contributed by atoms with Crippen LogP contribution in [0.25, 0.3) is 0 Å². The molecule has 1 heterocycles. The van der Waals surface area contributed by atoms with Crippen LogP contribution < -0.4 is 0 Å². The van der Waals surface area contributed by atoms with Gasteiger partial charge in [0, 0.05) is 11.6 Å². The summed E-state index contributed by atoms with van der Waals surface area (Å²) >= 11 is 6.08. The Balaban J connectivity index is 1.78. The molecule has 1 aliphatic rings. The van der Waals surface area contributed by atoms with Crippen LogP contribution in [0, 0.1) is 5.92 Å². The number of hydrogen-bond acceptors (Lipinski definition) is 2. The number of likely N-dealkylation sites (tertiary alicyclic amines) is 1. The molecule has 0 radical (unpaired) electrons. The number of rotatable bonds is 4. The predicted octanol–water partition coefficient (Wildman–Crippen LogP) is 3.52. The van der Waals surface area contributed by atoms with Crippen molar-refractivity contribution >= 4 is 11.6 Å². The zero-order valence-corrected chi connectivity index (χ0v) is 12.4. The lowest BCUT2D eigenvalue weighted by molar-refractivity contribution is -0.223. The van der Waals surface area contributed by atoms with Crippen molar-refractivity contribution < 1.29 is 18.3 Å². The van der Waals surface area contributed by atoms with Crippen LogP contribution in [0.4, 0.5) is 13.2 Å². The van der Waals surface area contributed by atoms with Crippen molar-refractivity contribution in [2.45, 2.75) is 31.5 Å². The van der Waals surface area contributed by atoms with Crippen LogP contribution >= 0.6 is 11.6 Å². The molecule has 0 spiro atoms. The van der Waals surface area contributed by atoms with Gasteiger partial charge in [-0.3, -0.25) is 0 Å². The number of aliphatic hydroxyl groups excluding tert-OH is 1.